The minimum Gasteiger partial charge on any atom is -0.394 e. The van der Waals surface area contributed by atoms with Crippen molar-refractivity contribution in [3.63, 3.8) is 0 Å². The van der Waals surface area contributed by atoms with Crippen molar-refractivity contribution in [2.45, 2.75) is 11.3 Å². The molecule has 0 aliphatic rings. The van der Waals surface area contributed by atoms with Crippen LogP contribution in [0.2, 0.25) is 0 Å². The first-order chi connectivity index (χ1) is 9.50. The standard InChI is InChI=1S/C11H12F4N2OS2/c1-2-19-17-4-3-5-18-20-11-8(14)6(12)10(16)7(13)9(11)15/h2,17H,1,3-5,16H2. The van der Waals surface area contributed by atoms with Crippen LogP contribution in [0.5, 0.6) is 0 Å². The molecule has 0 saturated carbocycles. The number of hydrogen-bond acceptors (Lipinski definition) is 5. The fourth-order valence-corrected chi connectivity index (χ4v) is 2.15. The van der Waals surface area contributed by atoms with Crippen molar-refractivity contribution in [2.75, 3.05) is 18.9 Å². The number of benzene rings is 1. The summed E-state index contributed by atoms with van der Waals surface area (Å²) in [7, 11) is 0. The molecular formula is C11H12F4N2OS2. The van der Waals surface area contributed by atoms with Crippen LogP contribution in [0.3, 0.4) is 0 Å². The predicted octanol–water partition coefficient (Wildman–Crippen LogP) is 3.62. The number of nitrogen functional groups attached to an aromatic ring is 1. The second kappa shape index (κ2) is 8.40. The topological polar surface area (TPSA) is 47.3 Å². The van der Waals surface area contributed by atoms with Crippen molar-refractivity contribution in [1.29, 1.82) is 0 Å². The number of hydrogen-bond donors (Lipinski definition) is 2. The van der Waals surface area contributed by atoms with Gasteiger partial charge in [-0.2, -0.15) is 0 Å². The van der Waals surface area contributed by atoms with Gasteiger partial charge < -0.3 is 9.92 Å². The fraction of sp³-hybridized carbons (Fsp3) is 0.273. The van der Waals surface area contributed by atoms with Crippen LogP contribution in [0.25, 0.3) is 0 Å². The average molecular weight is 328 g/mol. The van der Waals surface area contributed by atoms with Crippen LogP contribution in [0, 0.1) is 23.3 Å². The van der Waals surface area contributed by atoms with E-state index in [0.29, 0.717) is 13.0 Å². The Morgan fingerprint density at radius 2 is 1.75 bits per heavy atom. The van der Waals surface area contributed by atoms with Crippen molar-refractivity contribution >= 4 is 29.7 Å². The van der Waals surface area contributed by atoms with Crippen LogP contribution in [-0.4, -0.2) is 13.2 Å². The molecular weight excluding hydrogens is 316 g/mol. The molecule has 0 radical (unpaired) electrons. The van der Waals surface area contributed by atoms with Gasteiger partial charge in [-0.1, -0.05) is 18.5 Å². The first-order valence-electron chi connectivity index (χ1n) is 5.41. The maximum absolute atomic E-state index is 13.4. The Hall–Kier alpha value is -0.900. The zero-order valence-corrected chi connectivity index (χ0v) is 11.9. The molecule has 0 fully saturated rings. The molecule has 0 spiro atoms. The van der Waals surface area contributed by atoms with Gasteiger partial charge in [0, 0.05) is 18.6 Å². The van der Waals surface area contributed by atoms with Gasteiger partial charge in [0.1, 0.15) is 10.6 Å². The molecule has 0 atom stereocenters. The molecule has 1 aromatic rings. The number of anilines is 1. The highest BCUT2D eigenvalue weighted by Gasteiger charge is 2.24. The third-order valence-corrected chi connectivity index (χ3v) is 3.42. The minimum absolute atomic E-state index is 0.141. The summed E-state index contributed by atoms with van der Waals surface area (Å²) >= 11 is 1.53. The highest BCUT2D eigenvalue weighted by atomic mass is 32.2. The molecule has 0 aromatic heterocycles. The molecule has 0 unspecified atom stereocenters. The summed E-state index contributed by atoms with van der Waals surface area (Å²) in [6.07, 6.45) is 0.539. The second-order valence-corrected chi connectivity index (χ2v) is 5.10. The lowest BCUT2D eigenvalue weighted by atomic mass is 10.2. The van der Waals surface area contributed by atoms with E-state index in [0.717, 1.165) is 0 Å². The lowest BCUT2D eigenvalue weighted by Crippen LogP contribution is -2.07. The highest BCUT2D eigenvalue weighted by molar-refractivity contribution is 8.00. The van der Waals surface area contributed by atoms with E-state index >= 15 is 0 Å². The van der Waals surface area contributed by atoms with Gasteiger partial charge in [-0.15, -0.1) is 0 Å². The highest BCUT2D eigenvalue weighted by Crippen LogP contribution is 2.33. The maximum atomic E-state index is 13.4. The van der Waals surface area contributed by atoms with Crippen LogP contribution in [0.15, 0.2) is 16.9 Å². The number of halogens is 4. The van der Waals surface area contributed by atoms with E-state index in [1.54, 1.807) is 5.41 Å². The van der Waals surface area contributed by atoms with Crippen LogP contribution in [-0.2, 0) is 4.18 Å². The smallest absolute Gasteiger partial charge is 0.186 e. The van der Waals surface area contributed by atoms with Gasteiger partial charge in [-0.25, -0.2) is 17.6 Å². The molecule has 3 N–H and O–H groups in total. The molecule has 9 heteroatoms. The zero-order chi connectivity index (χ0) is 15.1. The van der Waals surface area contributed by atoms with Crippen molar-refractivity contribution in [3.8, 4) is 0 Å². The Morgan fingerprint density at radius 3 is 2.30 bits per heavy atom. The summed E-state index contributed by atoms with van der Waals surface area (Å²) in [5, 5.41) is 1.60. The normalized spacial score (nSPS) is 10.8. The molecule has 1 aromatic carbocycles. The van der Waals surface area contributed by atoms with Crippen molar-refractivity contribution in [3.05, 3.63) is 35.3 Å². The van der Waals surface area contributed by atoms with Crippen molar-refractivity contribution in [1.82, 2.24) is 4.72 Å². The Morgan fingerprint density at radius 1 is 1.15 bits per heavy atom. The summed E-state index contributed by atoms with van der Waals surface area (Å²) in [4.78, 5) is -0.886. The first kappa shape index (κ1) is 17.2. The number of nitrogens with one attached hydrogen (secondary N) is 1. The van der Waals surface area contributed by atoms with Gasteiger partial charge in [0.25, 0.3) is 0 Å². The second-order valence-electron chi connectivity index (χ2n) is 3.44. The Bertz CT molecular complexity index is 459. The minimum atomic E-state index is -1.63. The van der Waals surface area contributed by atoms with E-state index in [-0.39, 0.29) is 18.6 Å². The summed E-state index contributed by atoms with van der Waals surface area (Å²) < 4.78 is 60.9. The Labute approximate surface area is 122 Å². The van der Waals surface area contributed by atoms with E-state index in [1.165, 1.54) is 11.9 Å². The van der Waals surface area contributed by atoms with Gasteiger partial charge in [-0.05, 0) is 11.8 Å². The van der Waals surface area contributed by atoms with Gasteiger partial charge in [-0.3, -0.25) is 4.72 Å². The summed E-state index contributed by atoms with van der Waals surface area (Å²) in [6, 6.07) is 0. The SMILES string of the molecule is C=CSNCCCOSc1c(F)c(F)c(N)c(F)c1F. The summed E-state index contributed by atoms with van der Waals surface area (Å²) in [6.45, 7) is 4.19. The molecule has 0 saturated heterocycles. The molecule has 0 heterocycles. The largest absolute Gasteiger partial charge is 0.394 e. The van der Waals surface area contributed by atoms with E-state index in [4.69, 9.17) is 9.92 Å². The molecule has 0 amide bonds. The quantitative estimate of drug-likeness (QED) is 0.191. The van der Waals surface area contributed by atoms with Crippen molar-refractivity contribution in [2.24, 2.45) is 0 Å². The maximum Gasteiger partial charge on any atom is 0.186 e. The lowest BCUT2D eigenvalue weighted by molar-refractivity contribution is 0.358. The summed E-state index contributed by atoms with van der Waals surface area (Å²) in [5.41, 5.74) is 3.69. The lowest BCUT2D eigenvalue weighted by Gasteiger charge is -2.08. The molecule has 0 bridgehead atoms. The van der Waals surface area contributed by atoms with Gasteiger partial charge >= 0.3 is 0 Å². The number of nitrogens with two attached hydrogens (primary N) is 1. The van der Waals surface area contributed by atoms with Gasteiger partial charge in [0.05, 0.1) is 6.61 Å². The molecule has 112 valence electrons. The van der Waals surface area contributed by atoms with E-state index in [2.05, 4.69) is 11.3 Å². The van der Waals surface area contributed by atoms with Crippen molar-refractivity contribution < 1.29 is 21.7 Å². The Kier molecular flexibility index (Phi) is 7.20. The predicted molar refractivity (Wildman–Crippen MR) is 72.9 cm³/mol. The van der Waals surface area contributed by atoms with E-state index in [9.17, 15) is 17.6 Å². The monoisotopic (exact) mass is 328 g/mol. The van der Waals surface area contributed by atoms with Gasteiger partial charge in [0.15, 0.2) is 23.3 Å². The van der Waals surface area contributed by atoms with Gasteiger partial charge in [0.2, 0.25) is 0 Å². The third-order valence-electron chi connectivity index (χ3n) is 2.07. The molecule has 1 rings (SSSR count). The van der Waals surface area contributed by atoms with E-state index < -0.39 is 33.9 Å². The molecule has 0 aliphatic carbocycles. The van der Waals surface area contributed by atoms with Crippen LogP contribution in [0.1, 0.15) is 6.42 Å². The molecule has 20 heavy (non-hydrogen) atoms. The van der Waals surface area contributed by atoms with Crippen LogP contribution >= 0.6 is 24.0 Å². The summed E-state index contributed by atoms with van der Waals surface area (Å²) in [5.74, 6) is -6.38. The fourth-order valence-electron chi connectivity index (χ4n) is 1.12. The Balaban J connectivity index is 2.54. The number of rotatable bonds is 8. The first-order valence-corrected chi connectivity index (χ1v) is 7.03. The van der Waals surface area contributed by atoms with Crippen LogP contribution in [0.4, 0.5) is 23.2 Å². The average Bonchev–Trinajstić information content (AvgIpc) is 2.45. The molecule has 0 aliphatic heterocycles. The zero-order valence-electron chi connectivity index (χ0n) is 10.2. The van der Waals surface area contributed by atoms with E-state index in [1.807, 2.05) is 0 Å². The van der Waals surface area contributed by atoms with Crippen LogP contribution < -0.4 is 10.5 Å². The third kappa shape index (κ3) is 4.30. The molecule has 3 nitrogen and oxygen atoms in total.